The summed E-state index contributed by atoms with van der Waals surface area (Å²) in [4.78, 5) is 18.7. The standard InChI is InChI=1S/C21H22ClN3O3/c1-4-18(27-15-9-7-8-14(2)12-15)21(26)25(3)13-19-23-20(24-28-19)16-10-5-6-11-17(16)22/h5-12,18H,4,13H2,1-3H3/t18-/m0/s1. The van der Waals surface area contributed by atoms with Gasteiger partial charge >= 0.3 is 0 Å². The molecule has 0 aliphatic heterocycles. The van der Waals surface area contributed by atoms with Gasteiger partial charge in [0.25, 0.3) is 5.91 Å². The first-order valence-electron chi connectivity index (χ1n) is 9.03. The van der Waals surface area contributed by atoms with E-state index in [0.717, 1.165) is 5.56 Å². The van der Waals surface area contributed by atoms with E-state index >= 15 is 0 Å². The molecule has 1 aromatic heterocycles. The van der Waals surface area contributed by atoms with Crippen molar-refractivity contribution in [3.63, 3.8) is 0 Å². The predicted molar refractivity (Wildman–Crippen MR) is 107 cm³/mol. The fraction of sp³-hybridized carbons (Fsp3) is 0.286. The lowest BCUT2D eigenvalue weighted by molar-refractivity contribution is -0.138. The van der Waals surface area contributed by atoms with E-state index in [1.165, 1.54) is 4.90 Å². The minimum absolute atomic E-state index is 0.151. The van der Waals surface area contributed by atoms with Crippen LogP contribution in [0.5, 0.6) is 5.75 Å². The Bertz CT molecular complexity index is 957. The lowest BCUT2D eigenvalue weighted by atomic mass is 10.2. The van der Waals surface area contributed by atoms with Crippen LogP contribution >= 0.6 is 11.6 Å². The van der Waals surface area contributed by atoms with Gasteiger partial charge in [0.05, 0.1) is 11.6 Å². The number of carbonyl (C=O) groups excluding carboxylic acids is 1. The third-order valence-electron chi connectivity index (χ3n) is 4.25. The second-order valence-electron chi connectivity index (χ2n) is 6.52. The lowest BCUT2D eigenvalue weighted by Gasteiger charge is -2.22. The molecule has 28 heavy (non-hydrogen) atoms. The van der Waals surface area contributed by atoms with E-state index in [2.05, 4.69) is 10.1 Å². The molecule has 3 rings (SSSR count). The Labute approximate surface area is 169 Å². The van der Waals surface area contributed by atoms with Gasteiger partial charge in [-0.2, -0.15) is 4.98 Å². The number of hydrogen-bond acceptors (Lipinski definition) is 5. The van der Waals surface area contributed by atoms with Crippen molar-refractivity contribution in [2.24, 2.45) is 0 Å². The highest BCUT2D eigenvalue weighted by Gasteiger charge is 2.24. The van der Waals surface area contributed by atoms with Crippen molar-refractivity contribution in [1.29, 1.82) is 0 Å². The fourth-order valence-electron chi connectivity index (χ4n) is 2.76. The number of rotatable bonds is 7. The summed E-state index contributed by atoms with van der Waals surface area (Å²) < 4.78 is 11.2. The van der Waals surface area contributed by atoms with Crippen molar-refractivity contribution in [2.45, 2.75) is 32.9 Å². The topological polar surface area (TPSA) is 68.5 Å². The second kappa shape index (κ2) is 8.89. The number of ether oxygens (including phenoxy) is 1. The molecule has 7 heteroatoms. The minimum atomic E-state index is -0.585. The zero-order chi connectivity index (χ0) is 20.1. The highest BCUT2D eigenvalue weighted by molar-refractivity contribution is 6.33. The molecule has 3 aromatic rings. The molecule has 1 amide bonds. The molecule has 0 unspecified atom stereocenters. The quantitative estimate of drug-likeness (QED) is 0.584. The molecule has 1 atom stereocenters. The van der Waals surface area contributed by atoms with Gasteiger partial charge in [-0.05, 0) is 43.2 Å². The van der Waals surface area contributed by atoms with Crippen LogP contribution in [0.2, 0.25) is 5.02 Å². The zero-order valence-electron chi connectivity index (χ0n) is 16.1. The molecular formula is C21H22ClN3O3. The number of aromatic nitrogens is 2. The van der Waals surface area contributed by atoms with Crippen molar-refractivity contribution >= 4 is 17.5 Å². The summed E-state index contributed by atoms with van der Waals surface area (Å²) in [6.07, 6.45) is -0.0380. The molecule has 146 valence electrons. The summed E-state index contributed by atoms with van der Waals surface area (Å²) in [5, 5.41) is 4.50. The second-order valence-corrected chi connectivity index (χ2v) is 6.92. The third-order valence-corrected chi connectivity index (χ3v) is 4.58. The van der Waals surface area contributed by atoms with Gasteiger partial charge in [-0.25, -0.2) is 0 Å². The molecule has 2 aromatic carbocycles. The van der Waals surface area contributed by atoms with Crippen LogP contribution in [0.15, 0.2) is 53.1 Å². The number of hydrogen-bond donors (Lipinski definition) is 0. The van der Waals surface area contributed by atoms with Gasteiger partial charge in [0.2, 0.25) is 11.7 Å². The van der Waals surface area contributed by atoms with Gasteiger partial charge in [-0.15, -0.1) is 0 Å². The molecule has 0 spiro atoms. The maximum absolute atomic E-state index is 12.8. The monoisotopic (exact) mass is 399 g/mol. The average Bonchev–Trinajstić information content (AvgIpc) is 3.14. The Kier molecular flexibility index (Phi) is 6.31. The molecule has 0 radical (unpaired) electrons. The van der Waals surface area contributed by atoms with Crippen molar-refractivity contribution in [3.8, 4) is 17.1 Å². The zero-order valence-corrected chi connectivity index (χ0v) is 16.8. The maximum Gasteiger partial charge on any atom is 0.263 e. The van der Waals surface area contributed by atoms with Crippen LogP contribution < -0.4 is 4.74 Å². The summed E-state index contributed by atoms with van der Waals surface area (Å²) >= 11 is 6.17. The highest BCUT2D eigenvalue weighted by atomic mass is 35.5. The van der Waals surface area contributed by atoms with E-state index in [1.54, 1.807) is 13.1 Å². The van der Waals surface area contributed by atoms with E-state index < -0.39 is 6.10 Å². The Morgan fingerprint density at radius 2 is 2.04 bits per heavy atom. The van der Waals surface area contributed by atoms with E-state index in [9.17, 15) is 4.79 Å². The first-order chi connectivity index (χ1) is 13.5. The van der Waals surface area contributed by atoms with Crippen LogP contribution in [-0.4, -0.2) is 34.1 Å². The maximum atomic E-state index is 12.8. The molecule has 0 N–H and O–H groups in total. The first kappa shape index (κ1) is 19.9. The summed E-state index contributed by atoms with van der Waals surface area (Å²) in [6, 6.07) is 14.9. The summed E-state index contributed by atoms with van der Waals surface area (Å²) in [6.45, 7) is 4.08. The third kappa shape index (κ3) is 4.70. The van der Waals surface area contributed by atoms with Gasteiger partial charge in [0, 0.05) is 12.6 Å². The minimum Gasteiger partial charge on any atom is -0.481 e. The van der Waals surface area contributed by atoms with Gasteiger partial charge in [-0.1, -0.05) is 47.9 Å². The number of amides is 1. The van der Waals surface area contributed by atoms with Crippen LogP contribution in [0.3, 0.4) is 0 Å². The molecule has 1 heterocycles. The Morgan fingerprint density at radius 1 is 1.25 bits per heavy atom. The van der Waals surface area contributed by atoms with Crippen molar-refractivity contribution in [1.82, 2.24) is 15.0 Å². The largest absolute Gasteiger partial charge is 0.481 e. The van der Waals surface area contributed by atoms with E-state index in [0.29, 0.717) is 34.5 Å². The molecule has 6 nitrogen and oxygen atoms in total. The summed E-state index contributed by atoms with van der Waals surface area (Å²) in [5.41, 5.74) is 1.76. The molecule has 0 aliphatic rings. The SMILES string of the molecule is CC[C@H](Oc1cccc(C)c1)C(=O)N(C)Cc1nc(-c2ccccc2Cl)no1. The first-order valence-corrected chi connectivity index (χ1v) is 9.41. The normalized spacial score (nSPS) is 11.9. The smallest absolute Gasteiger partial charge is 0.263 e. The average molecular weight is 400 g/mol. The highest BCUT2D eigenvalue weighted by Crippen LogP contribution is 2.25. The molecular weight excluding hydrogens is 378 g/mol. The van der Waals surface area contributed by atoms with Crippen molar-refractivity contribution in [3.05, 3.63) is 65.0 Å². The van der Waals surface area contributed by atoms with Crippen LogP contribution in [0.1, 0.15) is 24.8 Å². The van der Waals surface area contributed by atoms with Gasteiger partial charge < -0.3 is 14.2 Å². The van der Waals surface area contributed by atoms with Gasteiger partial charge in [0.1, 0.15) is 5.75 Å². The summed E-state index contributed by atoms with van der Waals surface area (Å²) in [7, 11) is 1.68. The van der Waals surface area contributed by atoms with Crippen LogP contribution in [-0.2, 0) is 11.3 Å². The fourth-order valence-corrected chi connectivity index (χ4v) is 2.98. The number of benzene rings is 2. The molecule has 0 aliphatic carbocycles. The van der Waals surface area contributed by atoms with Gasteiger partial charge in [0.15, 0.2) is 6.10 Å². The number of halogens is 1. The van der Waals surface area contributed by atoms with Crippen molar-refractivity contribution in [2.75, 3.05) is 7.05 Å². The van der Waals surface area contributed by atoms with Crippen molar-refractivity contribution < 1.29 is 14.1 Å². The van der Waals surface area contributed by atoms with Crippen LogP contribution in [0, 0.1) is 6.92 Å². The summed E-state index contributed by atoms with van der Waals surface area (Å²) in [5.74, 6) is 1.24. The van der Waals surface area contributed by atoms with E-state index in [1.807, 2.05) is 56.3 Å². The number of nitrogens with zero attached hydrogens (tertiary/aromatic N) is 3. The lowest BCUT2D eigenvalue weighted by Crippen LogP contribution is -2.39. The number of likely N-dealkylation sites (N-methyl/N-ethyl adjacent to an activating group) is 1. The molecule has 0 bridgehead atoms. The number of aryl methyl sites for hydroxylation is 1. The van der Waals surface area contributed by atoms with Crippen LogP contribution in [0.4, 0.5) is 0 Å². The Balaban J connectivity index is 1.67. The predicted octanol–water partition coefficient (Wildman–Crippen LogP) is 4.51. The number of carbonyl (C=O) groups is 1. The van der Waals surface area contributed by atoms with Gasteiger partial charge in [-0.3, -0.25) is 4.79 Å². The Morgan fingerprint density at radius 3 is 2.75 bits per heavy atom. The molecule has 0 saturated carbocycles. The Hall–Kier alpha value is -2.86. The van der Waals surface area contributed by atoms with E-state index in [-0.39, 0.29) is 12.5 Å². The van der Waals surface area contributed by atoms with Crippen LogP contribution in [0.25, 0.3) is 11.4 Å². The van der Waals surface area contributed by atoms with E-state index in [4.69, 9.17) is 20.9 Å². The molecule has 0 fully saturated rings. The molecule has 0 saturated heterocycles.